The van der Waals surface area contributed by atoms with Gasteiger partial charge in [0.2, 0.25) is 5.89 Å². The van der Waals surface area contributed by atoms with Crippen LogP contribution in [0, 0.1) is 6.92 Å². The molecule has 29 heavy (non-hydrogen) atoms. The number of nitrogens with one attached hydrogen (secondary N) is 1. The highest BCUT2D eigenvalue weighted by atomic mass is 127. The van der Waals surface area contributed by atoms with Crippen molar-refractivity contribution in [1.29, 1.82) is 0 Å². The minimum Gasteiger partial charge on any atom is -0.356 e. The number of rotatable bonds is 7. The molecule has 2 heterocycles. The zero-order valence-electron chi connectivity index (χ0n) is 17.7. The van der Waals surface area contributed by atoms with Crippen LogP contribution in [0.2, 0.25) is 0 Å². The van der Waals surface area contributed by atoms with Crippen molar-refractivity contribution in [2.45, 2.75) is 39.2 Å². The van der Waals surface area contributed by atoms with Gasteiger partial charge in [-0.1, -0.05) is 42.4 Å². The number of benzene rings is 1. The summed E-state index contributed by atoms with van der Waals surface area (Å²) in [6.45, 7) is 9.04. The molecular weight excluding hydrogens is 479 g/mol. The third-order valence-corrected chi connectivity index (χ3v) is 5.26. The van der Waals surface area contributed by atoms with Crippen LogP contribution in [-0.4, -0.2) is 65.7 Å². The van der Waals surface area contributed by atoms with Crippen molar-refractivity contribution in [1.82, 2.24) is 25.3 Å². The van der Waals surface area contributed by atoms with E-state index < -0.39 is 0 Å². The highest BCUT2D eigenvalue weighted by Crippen LogP contribution is 2.25. The first-order valence-electron chi connectivity index (χ1n) is 10.2. The molecular formula is C21H33IN6O. The zero-order chi connectivity index (χ0) is 19.8. The molecule has 1 aliphatic heterocycles. The van der Waals surface area contributed by atoms with E-state index in [0.717, 1.165) is 57.9 Å². The quantitative estimate of drug-likeness (QED) is 0.266. The lowest BCUT2D eigenvalue weighted by molar-refractivity contribution is 0.127. The summed E-state index contributed by atoms with van der Waals surface area (Å²) in [4.78, 5) is 13.7. The summed E-state index contributed by atoms with van der Waals surface area (Å²) < 4.78 is 5.16. The van der Waals surface area contributed by atoms with E-state index in [1.807, 2.05) is 14.0 Å². The minimum absolute atomic E-state index is 0. The first-order valence-corrected chi connectivity index (χ1v) is 10.2. The van der Waals surface area contributed by atoms with Crippen LogP contribution in [0.5, 0.6) is 0 Å². The molecule has 1 aromatic heterocycles. The van der Waals surface area contributed by atoms with E-state index in [-0.39, 0.29) is 24.0 Å². The maximum atomic E-state index is 5.16. The number of halogens is 1. The number of aliphatic imine (C=N–C) groups is 1. The fourth-order valence-corrected chi connectivity index (χ4v) is 3.84. The molecule has 1 aromatic carbocycles. The summed E-state index contributed by atoms with van der Waals surface area (Å²) in [6, 6.07) is 11.3. The number of guanidine groups is 1. The van der Waals surface area contributed by atoms with E-state index in [1.165, 1.54) is 5.56 Å². The average Bonchev–Trinajstić information content (AvgIpc) is 3.15. The van der Waals surface area contributed by atoms with E-state index in [4.69, 9.17) is 4.52 Å². The van der Waals surface area contributed by atoms with Crippen LogP contribution in [0.3, 0.4) is 0 Å². The standard InChI is InChI=1S/C21H32N6O.HI/c1-4-19(18-9-6-5-7-10-18)26-13-15-27(16-14-26)21(22-3)23-12-8-11-20-24-17(2)25-28-20;/h5-7,9-10,19H,4,8,11-16H2,1-3H3,(H,22,23);1H. The van der Waals surface area contributed by atoms with Crippen LogP contribution in [0.15, 0.2) is 39.8 Å². The van der Waals surface area contributed by atoms with Crippen LogP contribution < -0.4 is 5.32 Å². The molecule has 0 bridgehead atoms. The van der Waals surface area contributed by atoms with Crippen molar-refractivity contribution >= 4 is 29.9 Å². The van der Waals surface area contributed by atoms with Gasteiger partial charge in [0.15, 0.2) is 11.8 Å². The number of aryl methyl sites for hydroxylation is 2. The van der Waals surface area contributed by atoms with Gasteiger partial charge in [0.05, 0.1) is 0 Å². The first-order chi connectivity index (χ1) is 13.7. The SMILES string of the molecule is CCC(c1ccccc1)N1CCN(C(=NC)NCCCc2nc(C)no2)CC1.I. The lowest BCUT2D eigenvalue weighted by atomic mass is 10.0. The van der Waals surface area contributed by atoms with E-state index in [0.29, 0.717) is 17.8 Å². The number of piperazine rings is 1. The smallest absolute Gasteiger partial charge is 0.226 e. The Morgan fingerprint density at radius 1 is 1.21 bits per heavy atom. The molecule has 8 heteroatoms. The normalized spacial score (nSPS) is 16.4. The molecule has 0 saturated carbocycles. The molecule has 0 aliphatic carbocycles. The molecule has 7 nitrogen and oxygen atoms in total. The van der Waals surface area contributed by atoms with E-state index in [2.05, 4.69) is 67.5 Å². The Hall–Kier alpha value is -1.68. The van der Waals surface area contributed by atoms with Crippen LogP contribution in [0.4, 0.5) is 0 Å². The summed E-state index contributed by atoms with van der Waals surface area (Å²) in [5, 5.41) is 7.30. The molecule has 160 valence electrons. The van der Waals surface area contributed by atoms with Gasteiger partial charge >= 0.3 is 0 Å². The molecule has 1 unspecified atom stereocenters. The monoisotopic (exact) mass is 512 g/mol. The number of aromatic nitrogens is 2. The minimum atomic E-state index is 0. The van der Waals surface area contributed by atoms with Crippen LogP contribution in [0.25, 0.3) is 0 Å². The zero-order valence-corrected chi connectivity index (χ0v) is 20.0. The summed E-state index contributed by atoms with van der Waals surface area (Å²) in [5.41, 5.74) is 1.41. The largest absolute Gasteiger partial charge is 0.356 e. The van der Waals surface area contributed by atoms with Gasteiger partial charge in [0.1, 0.15) is 0 Å². The van der Waals surface area contributed by atoms with Crippen LogP contribution in [-0.2, 0) is 6.42 Å². The molecule has 0 amide bonds. The predicted octanol–water partition coefficient (Wildman–Crippen LogP) is 3.27. The van der Waals surface area contributed by atoms with E-state index >= 15 is 0 Å². The Morgan fingerprint density at radius 2 is 1.93 bits per heavy atom. The number of hydrogen-bond acceptors (Lipinski definition) is 5. The molecule has 3 rings (SSSR count). The highest BCUT2D eigenvalue weighted by molar-refractivity contribution is 14.0. The van der Waals surface area contributed by atoms with Gasteiger partial charge in [-0.3, -0.25) is 9.89 Å². The van der Waals surface area contributed by atoms with Crippen molar-refractivity contribution in [2.24, 2.45) is 4.99 Å². The van der Waals surface area contributed by atoms with Crippen molar-refractivity contribution in [3.63, 3.8) is 0 Å². The Kier molecular flexibility index (Phi) is 9.86. The second-order valence-corrected chi connectivity index (χ2v) is 7.17. The fourth-order valence-electron chi connectivity index (χ4n) is 3.84. The van der Waals surface area contributed by atoms with Crippen LogP contribution in [0.1, 0.15) is 43.1 Å². The number of hydrogen-bond donors (Lipinski definition) is 1. The molecule has 1 atom stereocenters. The number of nitrogens with zero attached hydrogens (tertiary/aromatic N) is 5. The Labute approximate surface area is 191 Å². The molecule has 0 radical (unpaired) electrons. The average molecular weight is 512 g/mol. The highest BCUT2D eigenvalue weighted by Gasteiger charge is 2.25. The Balaban J connectivity index is 0.00000300. The van der Waals surface area contributed by atoms with Gasteiger partial charge in [-0.15, -0.1) is 24.0 Å². The first kappa shape index (κ1) is 23.6. The van der Waals surface area contributed by atoms with Crippen molar-refractivity contribution in [3.8, 4) is 0 Å². The lowest BCUT2D eigenvalue weighted by Crippen LogP contribution is -2.53. The molecule has 1 N–H and O–H groups in total. The molecule has 2 aromatic rings. The molecule has 1 fully saturated rings. The van der Waals surface area contributed by atoms with Gasteiger partial charge in [-0.05, 0) is 25.3 Å². The van der Waals surface area contributed by atoms with Gasteiger partial charge < -0.3 is 14.7 Å². The second kappa shape index (κ2) is 12.1. The molecule has 0 spiro atoms. The Morgan fingerprint density at radius 3 is 2.52 bits per heavy atom. The van der Waals surface area contributed by atoms with Crippen LogP contribution >= 0.6 is 24.0 Å². The summed E-state index contributed by atoms with van der Waals surface area (Å²) in [5.74, 6) is 2.38. The summed E-state index contributed by atoms with van der Waals surface area (Å²) >= 11 is 0. The second-order valence-electron chi connectivity index (χ2n) is 7.17. The predicted molar refractivity (Wildman–Crippen MR) is 127 cm³/mol. The van der Waals surface area contributed by atoms with Crippen molar-refractivity contribution < 1.29 is 4.52 Å². The molecule has 1 saturated heterocycles. The van der Waals surface area contributed by atoms with E-state index in [9.17, 15) is 0 Å². The molecule has 1 aliphatic rings. The van der Waals surface area contributed by atoms with Gasteiger partial charge in [-0.2, -0.15) is 4.98 Å². The van der Waals surface area contributed by atoms with Gasteiger partial charge in [-0.25, -0.2) is 0 Å². The topological polar surface area (TPSA) is 69.8 Å². The van der Waals surface area contributed by atoms with E-state index in [1.54, 1.807) is 0 Å². The summed E-state index contributed by atoms with van der Waals surface area (Å²) in [7, 11) is 1.86. The third kappa shape index (κ3) is 6.67. The lowest BCUT2D eigenvalue weighted by Gasteiger charge is -2.40. The maximum absolute atomic E-state index is 5.16. The summed E-state index contributed by atoms with van der Waals surface area (Å²) in [6.07, 6.45) is 2.85. The fraction of sp³-hybridized carbons (Fsp3) is 0.571. The van der Waals surface area contributed by atoms with Crippen molar-refractivity contribution in [3.05, 3.63) is 47.6 Å². The maximum Gasteiger partial charge on any atom is 0.226 e. The van der Waals surface area contributed by atoms with Gasteiger partial charge in [0.25, 0.3) is 0 Å². The Bertz CT molecular complexity index is 743. The third-order valence-electron chi connectivity index (χ3n) is 5.26. The van der Waals surface area contributed by atoms with Gasteiger partial charge in [0, 0.05) is 52.2 Å². The van der Waals surface area contributed by atoms with Crippen molar-refractivity contribution in [2.75, 3.05) is 39.8 Å².